The van der Waals surface area contributed by atoms with Crippen molar-refractivity contribution in [2.24, 2.45) is 0 Å². The summed E-state index contributed by atoms with van der Waals surface area (Å²) in [5.74, 6) is -0.686. The lowest BCUT2D eigenvalue weighted by Crippen LogP contribution is -2.36. The normalized spacial score (nSPS) is 17.0. The second-order valence-electron chi connectivity index (χ2n) is 6.62. The van der Waals surface area contributed by atoms with Crippen molar-refractivity contribution in [3.8, 4) is 6.07 Å². The minimum absolute atomic E-state index is 0.0995. The molecule has 0 aliphatic carbocycles. The number of para-hydroxylation sites is 2. The summed E-state index contributed by atoms with van der Waals surface area (Å²) < 4.78 is 0. The van der Waals surface area contributed by atoms with Crippen LogP contribution in [-0.4, -0.2) is 42.5 Å². The summed E-state index contributed by atoms with van der Waals surface area (Å²) in [5.41, 5.74) is 1.62. The lowest BCUT2D eigenvalue weighted by atomic mass is 10.1. The number of anilines is 2. The Morgan fingerprint density at radius 2 is 1.77 bits per heavy atom. The number of thiophene rings is 1. The molecular formula is C21H16N4O3S2. The Morgan fingerprint density at radius 1 is 1.10 bits per heavy atom. The lowest BCUT2D eigenvalue weighted by molar-refractivity contribution is -0.126. The van der Waals surface area contributed by atoms with Gasteiger partial charge in [0.05, 0.1) is 22.8 Å². The van der Waals surface area contributed by atoms with E-state index in [1.807, 2.05) is 47.8 Å². The molecule has 0 N–H and O–H groups in total. The molecule has 0 atom stereocenters. The highest BCUT2D eigenvalue weighted by Gasteiger charge is 2.38. The van der Waals surface area contributed by atoms with Crippen LogP contribution in [0.25, 0.3) is 6.08 Å². The number of benzene rings is 1. The fourth-order valence-electron chi connectivity index (χ4n) is 3.42. The fraction of sp³-hybridized carbons (Fsp3) is 0.143. The van der Waals surface area contributed by atoms with E-state index in [0.29, 0.717) is 5.82 Å². The zero-order valence-electron chi connectivity index (χ0n) is 16.2. The largest absolute Gasteiger partial charge is 0.328 e. The zero-order chi connectivity index (χ0) is 21.4. The van der Waals surface area contributed by atoms with Crippen LogP contribution in [0.2, 0.25) is 0 Å². The molecule has 2 aliphatic rings. The SMILES string of the molecule is CN1C(=C(C#N)C(=O)CN2C(=O)S/C(=C\c3cccs3)C2=O)N(C)c2ccccc21. The summed E-state index contributed by atoms with van der Waals surface area (Å²) in [5, 5.41) is 11.1. The van der Waals surface area contributed by atoms with Crippen LogP contribution < -0.4 is 9.80 Å². The van der Waals surface area contributed by atoms with Gasteiger partial charge in [-0.15, -0.1) is 11.3 Å². The van der Waals surface area contributed by atoms with Gasteiger partial charge in [-0.05, 0) is 41.4 Å². The maximum atomic E-state index is 13.0. The third kappa shape index (κ3) is 3.30. The molecule has 0 bridgehead atoms. The number of fused-ring (bicyclic) bond motifs is 1. The monoisotopic (exact) mass is 436 g/mol. The van der Waals surface area contributed by atoms with Gasteiger partial charge in [-0.1, -0.05) is 18.2 Å². The van der Waals surface area contributed by atoms with Crippen LogP contribution in [0.15, 0.2) is 58.1 Å². The summed E-state index contributed by atoms with van der Waals surface area (Å²) in [6.07, 6.45) is 1.64. The summed E-state index contributed by atoms with van der Waals surface area (Å²) in [6, 6.07) is 13.2. The van der Waals surface area contributed by atoms with Crippen molar-refractivity contribution in [1.82, 2.24) is 4.90 Å². The van der Waals surface area contributed by atoms with E-state index in [-0.39, 0.29) is 10.5 Å². The van der Waals surface area contributed by atoms with E-state index in [9.17, 15) is 19.6 Å². The van der Waals surface area contributed by atoms with Gasteiger partial charge in [0, 0.05) is 19.0 Å². The number of carbonyl (C=O) groups excluding carboxylic acids is 3. The predicted molar refractivity (Wildman–Crippen MR) is 118 cm³/mol. The van der Waals surface area contributed by atoms with E-state index in [1.165, 1.54) is 11.3 Å². The molecule has 1 fully saturated rings. The number of hydrogen-bond acceptors (Lipinski definition) is 8. The Labute approximate surface area is 181 Å². The third-order valence-electron chi connectivity index (χ3n) is 4.85. The Morgan fingerprint density at radius 3 is 2.33 bits per heavy atom. The molecule has 1 saturated heterocycles. The third-order valence-corrected chi connectivity index (χ3v) is 6.57. The number of thioether (sulfide) groups is 1. The molecule has 0 saturated carbocycles. The Balaban J connectivity index is 1.60. The first kappa shape index (κ1) is 19.9. The number of rotatable bonds is 4. The van der Waals surface area contributed by atoms with Crippen LogP contribution in [0.3, 0.4) is 0 Å². The highest BCUT2D eigenvalue weighted by molar-refractivity contribution is 8.18. The fourth-order valence-corrected chi connectivity index (χ4v) is 4.98. The molecule has 3 heterocycles. The van der Waals surface area contributed by atoms with E-state index in [0.717, 1.165) is 32.9 Å². The van der Waals surface area contributed by atoms with Crippen molar-refractivity contribution < 1.29 is 14.4 Å². The number of ketones is 1. The maximum absolute atomic E-state index is 13.0. The minimum Gasteiger partial charge on any atom is -0.328 e. The van der Waals surface area contributed by atoms with E-state index in [4.69, 9.17) is 0 Å². The van der Waals surface area contributed by atoms with Crippen molar-refractivity contribution in [3.05, 3.63) is 63.0 Å². The van der Waals surface area contributed by atoms with Crippen LogP contribution in [0.1, 0.15) is 4.88 Å². The quantitative estimate of drug-likeness (QED) is 0.534. The molecule has 2 aromatic rings. The van der Waals surface area contributed by atoms with Crippen LogP contribution in [0, 0.1) is 11.3 Å². The van der Waals surface area contributed by atoms with Crippen molar-refractivity contribution in [1.29, 1.82) is 5.26 Å². The highest BCUT2D eigenvalue weighted by atomic mass is 32.2. The summed E-state index contributed by atoms with van der Waals surface area (Å²) in [4.78, 5) is 43.5. The van der Waals surface area contributed by atoms with Gasteiger partial charge in [-0.2, -0.15) is 5.26 Å². The lowest BCUT2D eigenvalue weighted by Gasteiger charge is -2.20. The average molecular weight is 437 g/mol. The first-order valence-electron chi connectivity index (χ1n) is 8.95. The summed E-state index contributed by atoms with van der Waals surface area (Å²) in [6.45, 7) is -0.475. The van der Waals surface area contributed by atoms with Crippen LogP contribution in [-0.2, 0) is 9.59 Å². The van der Waals surface area contributed by atoms with E-state index < -0.39 is 23.5 Å². The molecule has 1 aromatic carbocycles. The topological polar surface area (TPSA) is 84.7 Å². The number of nitriles is 1. The van der Waals surface area contributed by atoms with Crippen LogP contribution >= 0.6 is 23.1 Å². The number of carbonyl (C=O) groups is 3. The van der Waals surface area contributed by atoms with Crippen LogP contribution in [0.5, 0.6) is 0 Å². The first-order chi connectivity index (χ1) is 14.4. The van der Waals surface area contributed by atoms with Gasteiger partial charge in [0.15, 0.2) is 5.78 Å². The number of amides is 2. The van der Waals surface area contributed by atoms with Crippen LogP contribution in [0.4, 0.5) is 16.2 Å². The van der Waals surface area contributed by atoms with Crippen molar-refractivity contribution in [2.45, 2.75) is 0 Å². The smallest absolute Gasteiger partial charge is 0.293 e. The van der Waals surface area contributed by atoms with Gasteiger partial charge in [0.1, 0.15) is 17.5 Å². The predicted octanol–water partition coefficient (Wildman–Crippen LogP) is 3.67. The summed E-state index contributed by atoms with van der Waals surface area (Å²) >= 11 is 2.25. The van der Waals surface area contributed by atoms with Gasteiger partial charge < -0.3 is 9.80 Å². The highest BCUT2D eigenvalue weighted by Crippen LogP contribution is 2.40. The number of nitrogens with zero attached hydrogens (tertiary/aromatic N) is 4. The molecule has 1 aromatic heterocycles. The van der Waals surface area contributed by atoms with Gasteiger partial charge in [-0.3, -0.25) is 19.3 Å². The number of hydrogen-bond donors (Lipinski definition) is 0. The Hall–Kier alpha value is -3.35. The molecule has 7 nitrogen and oxygen atoms in total. The molecule has 0 radical (unpaired) electrons. The van der Waals surface area contributed by atoms with E-state index in [2.05, 4.69) is 0 Å². The zero-order valence-corrected chi connectivity index (χ0v) is 17.8. The van der Waals surface area contributed by atoms with Crippen molar-refractivity contribution in [3.63, 3.8) is 0 Å². The van der Waals surface area contributed by atoms with E-state index in [1.54, 1.807) is 30.0 Å². The molecular weight excluding hydrogens is 420 g/mol. The Bertz CT molecular complexity index is 1130. The molecule has 0 spiro atoms. The molecule has 0 unspecified atom stereocenters. The average Bonchev–Trinajstić information content (AvgIpc) is 3.40. The molecule has 30 heavy (non-hydrogen) atoms. The molecule has 2 amide bonds. The minimum atomic E-state index is -0.585. The number of imide groups is 1. The standard InChI is InChI=1S/C21H16N4O3S2/c1-23-15-7-3-4-8-16(15)24(2)19(23)14(11-22)17(26)12-25-20(27)18(30-21(25)28)10-13-6-5-9-29-13/h3-10H,12H2,1-2H3/b18-10-. The first-order valence-corrected chi connectivity index (χ1v) is 10.6. The molecule has 9 heteroatoms. The van der Waals surface area contributed by atoms with Gasteiger partial charge in [0.2, 0.25) is 0 Å². The second-order valence-corrected chi connectivity index (χ2v) is 8.60. The van der Waals surface area contributed by atoms with Gasteiger partial charge in [0.25, 0.3) is 11.1 Å². The maximum Gasteiger partial charge on any atom is 0.293 e. The molecule has 150 valence electrons. The van der Waals surface area contributed by atoms with Gasteiger partial charge >= 0.3 is 0 Å². The molecule has 4 rings (SSSR count). The summed E-state index contributed by atoms with van der Waals surface area (Å²) in [7, 11) is 3.54. The number of Topliss-reactive ketones (excluding diaryl/α,β-unsaturated/α-hetero) is 1. The van der Waals surface area contributed by atoms with E-state index >= 15 is 0 Å². The van der Waals surface area contributed by atoms with Crippen molar-refractivity contribution in [2.75, 3.05) is 30.4 Å². The Kier molecular flexibility index (Phi) is 5.20. The molecule has 2 aliphatic heterocycles. The second kappa shape index (κ2) is 7.82. The van der Waals surface area contributed by atoms with Crippen molar-refractivity contribution >= 4 is 57.5 Å². The van der Waals surface area contributed by atoms with Gasteiger partial charge in [-0.25, -0.2) is 0 Å².